The van der Waals surface area contributed by atoms with Crippen LogP contribution in [0.15, 0.2) is 55.0 Å². The molecule has 29 heavy (non-hydrogen) atoms. The van der Waals surface area contributed by atoms with E-state index in [2.05, 4.69) is 36.1 Å². The van der Waals surface area contributed by atoms with E-state index in [1.54, 1.807) is 30.6 Å². The largest absolute Gasteiger partial charge is 0.433 e. The molecule has 0 atom stereocenters. The van der Waals surface area contributed by atoms with Crippen LogP contribution in [0.5, 0.6) is 0 Å². The van der Waals surface area contributed by atoms with Crippen molar-refractivity contribution in [1.82, 2.24) is 25.5 Å². The van der Waals surface area contributed by atoms with Gasteiger partial charge in [-0.2, -0.15) is 13.2 Å². The summed E-state index contributed by atoms with van der Waals surface area (Å²) in [6.45, 7) is 0.584. The van der Waals surface area contributed by atoms with Crippen LogP contribution in [0.25, 0.3) is 0 Å². The molecule has 0 bridgehead atoms. The predicted octanol–water partition coefficient (Wildman–Crippen LogP) is 2.87. The van der Waals surface area contributed by atoms with Gasteiger partial charge in [-0.3, -0.25) is 14.8 Å². The number of carbonyl (C=O) groups excluding carboxylic acids is 1. The van der Waals surface area contributed by atoms with Crippen LogP contribution in [0.1, 0.15) is 16.1 Å². The lowest BCUT2D eigenvalue weighted by molar-refractivity contribution is -0.141. The number of hydrogen-bond donors (Lipinski definition) is 3. The van der Waals surface area contributed by atoms with Crippen LogP contribution in [0.4, 0.5) is 30.5 Å². The van der Waals surface area contributed by atoms with Gasteiger partial charge in [-0.1, -0.05) is 0 Å². The maximum atomic E-state index is 12.5. The Morgan fingerprint density at radius 3 is 2.38 bits per heavy atom. The first-order valence-electron chi connectivity index (χ1n) is 8.48. The fourth-order valence-electron chi connectivity index (χ4n) is 2.24. The molecule has 0 aromatic carbocycles. The predicted molar refractivity (Wildman–Crippen MR) is 99.6 cm³/mol. The molecule has 11 heteroatoms. The quantitative estimate of drug-likeness (QED) is 0.521. The minimum atomic E-state index is -4.54. The van der Waals surface area contributed by atoms with Crippen LogP contribution in [0.3, 0.4) is 0 Å². The van der Waals surface area contributed by atoms with E-state index in [0.717, 1.165) is 24.0 Å². The number of alkyl halides is 3. The normalized spacial score (nSPS) is 11.0. The molecule has 150 valence electrons. The van der Waals surface area contributed by atoms with Crippen LogP contribution >= 0.6 is 0 Å². The zero-order valence-corrected chi connectivity index (χ0v) is 14.9. The van der Waals surface area contributed by atoms with Crippen molar-refractivity contribution >= 4 is 23.2 Å². The molecule has 0 spiro atoms. The molecule has 3 aromatic heterocycles. The van der Waals surface area contributed by atoms with Gasteiger partial charge in [0.15, 0.2) is 5.82 Å². The van der Waals surface area contributed by atoms with Crippen molar-refractivity contribution in [3.8, 4) is 0 Å². The molecule has 0 aliphatic heterocycles. The van der Waals surface area contributed by atoms with Gasteiger partial charge in [-0.05, 0) is 36.4 Å². The second-order valence-electron chi connectivity index (χ2n) is 5.78. The number of nitrogens with one attached hydrogen (secondary N) is 3. The maximum Gasteiger partial charge on any atom is 0.433 e. The van der Waals surface area contributed by atoms with Gasteiger partial charge in [0.1, 0.15) is 11.5 Å². The Hall–Kier alpha value is -3.76. The lowest BCUT2D eigenvalue weighted by atomic mass is 10.2. The van der Waals surface area contributed by atoms with Crippen molar-refractivity contribution in [2.75, 3.05) is 23.7 Å². The minimum Gasteiger partial charge on any atom is -0.367 e. The van der Waals surface area contributed by atoms with Crippen molar-refractivity contribution in [2.24, 2.45) is 0 Å². The highest BCUT2D eigenvalue weighted by Crippen LogP contribution is 2.27. The summed E-state index contributed by atoms with van der Waals surface area (Å²) in [4.78, 5) is 19.2. The third kappa shape index (κ3) is 5.86. The maximum absolute atomic E-state index is 12.5. The number of anilines is 3. The fourth-order valence-corrected chi connectivity index (χ4v) is 2.24. The zero-order chi connectivity index (χ0) is 20.7. The lowest BCUT2D eigenvalue weighted by Gasteiger charge is -2.09. The Kier molecular flexibility index (Phi) is 6.17. The van der Waals surface area contributed by atoms with Crippen LogP contribution in [0.2, 0.25) is 0 Å². The molecular weight excluding hydrogens is 387 g/mol. The molecule has 3 rings (SSSR count). The third-order valence-corrected chi connectivity index (χ3v) is 3.63. The molecule has 0 radical (unpaired) electrons. The molecule has 0 saturated heterocycles. The van der Waals surface area contributed by atoms with Crippen LogP contribution in [-0.2, 0) is 6.18 Å². The van der Waals surface area contributed by atoms with Crippen LogP contribution < -0.4 is 16.0 Å². The molecule has 3 aromatic rings. The molecule has 0 aliphatic rings. The van der Waals surface area contributed by atoms with Gasteiger partial charge >= 0.3 is 6.18 Å². The number of pyridine rings is 2. The average Bonchev–Trinajstić information content (AvgIpc) is 2.72. The number of amides is 1. The summed E-state index contributed by atoms with van der Waals surface area (Å²) in [5.74, 6) is 0.536. The summed E-state index contributed by atoms with van der Waals surface area (Å²) in [5.41, 5.74) is -0.220. The van der Waals surface area contributed by atoms with Crippen molar-refractivity contribution in [1.29, 1.82) is 0 Å². The van der Waals surface area contributed by atoms with E-state index in [1.165, 1.54) is 0 Å². The topological polar surface area (TPSA) is 105 Å². The highest BCUT2D eigenvalue weighted by molar-refractivity contribution is 5.93. The minimum absolute atomic E-state index is 0.0450. The molecule has 1 amide bonds. The van der Waals surface area contributed by atoms with E-state index in [4.69, 9.17) is 0 Å². The van der Waals surface area contributed by atoms with E-state index in [-0.39, 0.29) is 12.1 Å². The van der Waals surface area contributed by atoms with Crippen LogP contribution in [-0.4, -0.2) is 39.2 Å². The van der Waals surface area contributed by atoms with E-state index in [9.17, 15) is 18.0 Å². The van der Waals surface area contributed by atoms with E-state index in [1.807, 2.05) is 6.07 Å². The molecule has 0 fully saturated rings. The number of halogens is 3. The Morgan fingerprint density at radius 1 is 0.966 bits per heavy atom. The van der Waals surface area contributed by atoms with Crippen molar-refractivity contribution in [3.63, 3.8) is 0 Å². The Balaban J connectivity index is 1.42. The van der Waals surface area contributed by atoms with Gasteiger partial charge in [0.25, 0.3) is 5.91 Å². The van der Waals surface area contributed by atoms with Crippen LogP contribution in [0, 0.1) is 0 Å². The second-order valence-corrected chi connectivity index (χ2v) is 5.78. The average molecular weight is 403 g/mol. The first-order valence-corrected chi connectivity index (χ1v) is 8.48. The SMILES string of the molecule is O=C(NCCNc1ccc(Nc2cccnc2)nn1)c1ccc(C(F)(F)F)nc1. The van der Waals surface area contributed by atoms with Crippen molar-refractivity contribution in [2.45, 2.75) is 6.18 Å². The Morgan fingerprint density at radius 2 is 1.76 bits per heavy atom. The van der Waals surface area contributed by atoms with Gasteiger partial charge in [0.05, 0.1) is 17.4 Å². The molecule has 0 aliphatic carbocycles. The summed E-state index contributed by atoms with van der Waals surface area (Å²) in [6, 6.07) is 8.93. The summed E-state index contributed by atoms with van der Waals surface area (Å²) in [5, 5.41) is 16.6. The monoisotopic (exact) mass is 403 g/mol. The van der Waals surface area contributed by atoms with E-state index >= 15 is 0 Å². The van der Waals surface area contributed by atoms with Gasteiger partial charge in [0, 0.05) is 25.5 Å². The standard InChI is InChI=1S/C18H16F3N7O/c19-18(20,21)14-4-3-12(10-25-14)17(29)24-9-8-23-15-5-6-16(28-27-15)26-13-2-1-7-22-11-13/h1-7,10-11H,8-9H2,(H,23,27)(H,24,29)(H,26,28). The molecule has 3 N–H and O–H groups in total. The summed E-state index contributed by atoms with van der Waals surface area (Å²) < 4.78 is 37.4. The zero-order valence-electron chi connectivity index (χ0n) is 14.9. The molecule has 0 saturated carbocycles. The lowest BCUT2D eigenvalue weighted by Crippen LogP contribution is -2.29. The van der Waals surface area contributed by atoms with E-state index in [0.29, 0.717) is 18.2 Å². The molecular formula is C18H16F3N7O. The summed E-state index contributed by atoms with van der Waals surface area (Å²) in [6.07, 6.45) is -0.326. The van der Waals surface area contributed by atoms with Gasteiger partial charge in [0.2, 0.25) is 0 Å². The van der Waals surface area contributed by atoms with Gasteiger partial charge in [-0.15, -0.1) is 10.2 Å². The molecule has 8 nitrogen and oxygen atoms in total. The highest BCUT2D eigenvalue weighted by Gasteiger charge is 2.32. The molecule has 0 unspecified atom stereocenters. The number of hydrogen-bond acceptors (Lipinski definition) is 7. The van der Waals surface area contributed by atoms with Crippen molar-refractivity contribution in [3.05, 3.63) is 66.2 Å². The summed E-state index contributed by atoms with van der Waals surface area (Å²) in [7, 11) is 0. The third-order valence-electron chi connectivity index (χ3n) is 3.63. The van der Waals surface area contributed by atoms with Gasteiger partial charge in [-0.25, -0.2) is 0 Å². The number of carbonyl (C=O) groups is 1. The Bertz CT molecular complexity index is 932. The first-order chi connectivity index (χ1) is 13.9. The molecule has 3 heterocycles. The Labute approximate surface area is 163 Å². The number of rotatable bonds is 7. The first kappa shape index (κ1) is 20.0. The fraction of sp³-hybridized carbons (Fsp3) is 0.167. The smallest absolute Gasteiger partial charge is 0.367 e. The second kappa shape index (κ2) is 8.95. The number of aromatic nitrogens is 4. The van der Waals surface area contributed by atoms with E-state index < -0.39 is 17.8 Å². The highest BCUT2D eigenvalue weighted by atomic mass is 19.4. The van der Waals surface area contributed by atoms with Crippen molar-refractivity contribution < 1.29 is 18.0 Å². The van der Waals surface area contributed by atoms with Gasteiger partial charge < -0.3 is 16.0 Å². The number of nitrogens with zero attached hydrogens (tertiary/aromatic N) is 4. The summed E-state index contributed by atoms with van der Waals surface area (Å²) >= 11 is 0.